The molecule has 0 aliphatic heterocycles. The summed E-state index contributed by atoms with van der Waals surface area (Å²) < 4.78 is 41.2. The van der Waals surface area contributed by atoms with E-state index in [1.54, 1.807) is 18.7 Å². The zero-order valence-corrected chi connectivity index (χ0v) is 12.2. The molecule has 0 spiro atoms. The van der Waals surface area contributed by atoms with Gasteiger partial charge in [0.05, 0.1) is 19.0 Å². The number of carbonyl (C=O) groups excluding carboxylic acids is 1. The van der Waals surface area contributed by atoms with Gasteiger partial charge in [-0.05, 0) is 24.1 Å². The van der Waals surface area contributed by atoms with Gasteiger partial charge in [0, 0.05) is 25.4 Å². The van der Waals surface area contributed by atoms with Gasteiger partial charge in [-0.15, -0.1) is 0 Å². The second kappa shape index (κ2) is 7.77. The minimum atomic E-state index is -1.59. The number of imidazole rings is 1. The molecule has 0 saturated carbocycles. The van der Waals surface area contributed by atoms with E-state index in [-0.39, 0.29) is 17.9 Å². The lowest BCUT2D eigenvalue weighted by atomic mass is 10.1. The second-order valence-electron chi connectivity index (χ2n) is 5.01. The molecule has 5 nitrogen and oxygen atoms in total. The highest BCUT2D eigenvalue weighted by Crippen LogP contribution is 2.19. The smallest absolute Gasteiger partial charge is 0.220 e. The van der Waals surface area contributed by atoms with Crippen LogP contribution in [0.25, 0.3) is 0 Å². The Balaban J connectivity index is 1.92. The van der Waals surface area contributed by atoms with Crippen molar-refractivity contribution in [2.45, 2.75) is 25.4 Å². The highest BCUT2D eigenvalue weighted by molar-refractivity contribution is 5.76. The van der Waals surface area contributed by atoms with Crippen molar-refractivity contribution in [1.29, 1.82) is 0 Å². The van der Waals surface area contributed by atoms with Gasteiger partial charge in [-0.1, -0.05) is 0 Å². The zero-order valence-electron chi connectivity index (χ0n) is 12.2. The van der Waals surface area contributed by atoms with Crippen molar-refractivity contribution in [3.63, 3.8) is 0 Å². The van der Waals surface area contributed by atoms with Crippen molar-refractivity contribution in [2.24, 2.45) is 0 Å². The zero-order chi connectivity index (χ0) is 16.8. The van der Waals surface area contributed by atoms with Crippen LogP contribution in [0.15, 0.2) is 30.9 Å². The lowest BCUT2D eigenvalue weighted by Crippen LogP contribution is -2.31. The number of nitrogens with zero attached hydrogens (tertiary/aromatic N) is 2. The molecule has 0 aliphatic carbocycles. The molecule has 1 aromatic heterocycles. The molecule has 1 amide bonds. The molecule has 1 atom stereocenters. The number of benzene rings is 1. The maximum absolute atomic E-state index is 13.2. The normalized spacial score (nSPS) is 12.2. The summed E-state index contributed by atoms with van der Waals surface area (Å²) in [6, 6.07) is 0.510. The third kappa shape index (κ3) is 4.56. The van der Waals surface area contributed by atoms with Crippen LogP contribution in [0.2, 0.25) is 0 Å². The largest absolute Gasteiger partial charge is 0.394 e. The molecule has 0 radical (unpaired) electrons. The van der Waals surface area contributed by atoms with E-state index in [4.69, 9.17) is 0 Å². The van der Waals surface area contributed by atoms with Gasteiger partial charge in [0.25, 0.3) is 0 Å². The standard InChI is InChI=1S/C15H16F3N3O2/c16-11-6-10(7-12(17)15(11)18)13(8-22)20-14(23)2-1-4-21-5-3-19-9-21/h3,5-7,9,13,22H,1-2,4,8H2,(H,20,23). The average molecular weight is 327 g/mol. The Morgan fingerprint density at radius 1 is 1.30 bits per heavy atom. The minimum Gasteiger partial charge on any atom is -0.394 e. The van der Waals surface area contributed by atoms with Crippen molar-refractivity contribution in [2.75, 3.05) is 6.61 Å². The van der Waals surface area contributed by atoms with Crippen LogP contribution in [0.3, 0.4) is 0 Å². The first-order valence-corrected chi connectivity index (χ1v) is 7.01. The Kier molecular flexibility index (Phi) is 5.75. The summed E-state index contributed by atoms with van der Waals surface area (Å²) in [6.45, 7) is 0.0365. The van der Waals surface area contributed by atoms with Crippen molar-refractivity contribution in [1.82, 2.24) is 14.9 Å². The molecule has 2 rings (SSSR count). The first-order chi connectivity index (χ1) is 11.0. The van der Waals surface area contributed by atoms with Gasteiger partial charge in [0.15, 0.2) is 17.5 Å². The highest BCUT2D eigenvalue weighted by Gasteiger charge is 2.18. The summed E-state index contributed by atoms with van der Waals surface area (Å²) >= 11 is 0. The van der Waals surface area contributed by atoms with Gasteiger partial charge < -0.3 is 15.0 Å². The predicted octanol–water partition coefficient (Wildman–Crippen LogP) is 1.93. The van der Waals surface area contributed by atoms with Gasteiger partial charge in [-0.3, -0.25) is 4.79 Å². The maximum atomic E-state index is 13.2. The van der Waals surface area contributed by atoms with E-state index in [0.29, 0.717) is 13.0 Å². The van der Waals surface area contributed by atoms with Gasteiger partial charge in [0.2, 0.25) is 5.91 Å². The monoisotopic (exact) mass is 327 g/mol. The maximum Gasteiger partial charge on any atom is 0.220 e. The molecule has 0 bridgehead atoms. The number of aliphatic hydroxyl groups excluding tert-OH is 1. The number of carbonyl (C=O) groups is 1. The number of aliphatic hydroxyl groups is 1. The van der Waals surface area contributed by atoms with Crippen LogP contribution in [-0.4, -0.2) is 27.2 Å². The van der Waals surface area contributed by atoms with Crippen LogP contribution in [-0.2, 0) is 11.3 Å². The summed E-state index contributed by atoms with van der Waals surface area (Å²) in [7, 11) is 0. The summed E-state index contributed by atoms with van der Waals surface area (Å²) in [6.07, 6.45) is 5.71. The predicted molar refractivity (Wildman–Crippen MR) is 75.7 cm³/mol. The van der Waals surface area contributed by atoms with Crippen LogP contribution in [0.1, 0.15) is 24.4 Å². The number of hydrogen-bond donors (Lipinski definition) is 2. The molecule has 1 unspecified atom stereocenters. The number of aromatic nitrogens is 2. The summed E-state index contributed by atoms with van der Waals surface area (Å²) in [4.78, 5) is 15.7. The molecule has 0 fully saturated rings. The quantitative estimate of drug-likeness (QED) is 0.764. The van der Waals surface area contributed by atoms with Crippen LogP contribution < -0.4 is 5.32 Å². The topological polar surface area (TPSA) is 67.2 Å². The number of hydrogen-bond acceptors (Lipinski definition) is 3. The fourth-order valence-electron chi connectivity index (χ4n) is 2.12. The van der Waals surface area contributed by atoms with Crippen molar-refractivity contribution in [3.8, 4) is 0 Å². The Bertz CT molecular complexity index is 639. The molecule has 0 saturated heterocycles. The SMILES string of the molecule is O=C(CCCn1ccnc1)NC(CO)c1cc(F)c(F)c(F)c1. The number of aryl methyl sites for hydroxylation is 1. The molecule has 23 heavy (non-hydrogen) atoms. The molecule has 0 aliphatic rings. The fraction of sp³-hybridized carbons (Fsp3) is 0.333. The average Bonchev–Trinajstić information content (AvgIpc) is 3.03. The van der Waals surface area contributed by atoms with E-state index < -0.39 is 30.1 Å². The summed E-state index contributed by atoms with van der Waals surface area (Å²) in [5, 5.41) is 11.8. The molecule has 2 N–H and O–H groups in total. The first kappa shape index (κ1) is 17.0. The van der Waals surface area contributed by atoms with E-state index in [2.05, 4.69) is 10.3 Å². The van der Waals surface area contributed by atoms with Crippen molar-refractivity contribution >= 4 is 5.91 Å². The van der Waals surface area contributed by atoms with Crippen LogP contribution in [0.4, 0.5) is 13.2 Å². The number of nitrogens with one attached hydrogen (secondary N) is 1. The third-order valence-corrected chi connectivity index (χ3v) is 3.31. The second-order valence-corrected chi connectivity index (χ2v) is 5.01. The van der Waals surface area contributed by atoms with Crippen molar-refractivity contribution < 1.29 is 23.1 Å². The molecular weight excluding hydrogens is 311 g/mol. The van der Waals surface area contributed by atoms with Gasteiger partial charge in [-0.2, -0.15) is 0 Å². The number of amides is 1. The minimum absolute atomic E-state index is 0.0353. The van der Waals surface area contributed by atoms with Crippen LogP contribution in [0, 0.1) is 17.5 Å². The van der Waals surface area contributed by atoms with E-state index in [0.717, 1.165) is 12.1 Å². The molecule has 8 heteroatoms. The lowest BCUT2D eigenvalue weighted by molar-refractivity contribution is -0.122. The Morgan fingerprint density at radius 3 is 2.57 bits per heavy atom. The molecular formula is C15H16F3N3O2. The highest BCUT2D eigenvalue weighted by atomic mass is 19.2. The number of halogens is 3. The third-order valence-electron chi connectivity index (χ3n) is 3.31. The summed E-state index contributed by atoms with van der Waals surface area (Å²) in [5.74, 6) is -4.70. The lowest BCUT2D eigenvalue weighted by Gasteiger charge is -2.17. The molecule has 2 aromatic rings. The van der Waals surface area contributed by atoms with E-state index in [1.165, 1.54) is 0 Å². The van der Waals surface area contributed by atoms with Gasteiger partial charge in [-0.25, -0.2) is 18.2 Å². The fourth-order valence-corrected chi connectivity index (χ4v) is 2.12. The molecule has 1 heterocycles. The first-order valence-electron chi connectivity index (χ1n) is 7.01. The van der Waals surface area contributed by atoms with Crippen LogP contribution in [0.5, 0.6) is 0 Å². The van der Waals surface area contributed by atoms with Gasteiger partial charge in [0.1, 0.15) is 0 Å². The van der Waals surface area contributed by atoms with Crippen molar-refractivity contribution in [3.05, 3.63) is 53.9 Å². The van der Waals surface area contributed by atoms with Gasteiger partial charge >= 0.3 is 0 Å². The van der Waals surface area contributed by atoms with E-state index >= 15 is 0 Å². The van der Waals surface area contributed by atoms with E-state index in [1.807, 2.05) is 4.57 Å². The molecule has 124 valence electrons. The van der Waals surface area contributed by atoms with E-state index in [9.17, 15) is 23.1 Å². The molecule has 1 aromatic carbocycles. The Hall–Kier alpha value is -2.35. The summed E-state index contributed by atoms with van der Waals surface area (Å²) in [5.41, 5.74) is -0.0353. The Labute approximate surface area is 130 Å². The number of rotatable bonds is 7. The van der Waals surface area contributed by atoms with Crippen LogP contribution >= 0.6 is 0 Å². The Morgan fingerprint density at radius 2 is 2.00 bits per heavy atom.